The van der Waals surface area contributed by atoms with Crippen molar-refractivity contribution in [3.63, 3.8) is 0 Å². The first-order chi connectivity index (χ1) is 12.3. The number of aromatic nitrogens is 2. The van der Waals surface area contributed by atoms with E-state index in [1.807, 2.05) is 6.07 Å². The average Bonchev–Trinajstić information content (AvgIpc) is 2.59. The van der Waals surface area contributed by atoms with Crippen LogP contribution in [0.15, 0.2) is 23.4 Å². The van der Waals surface area contributed by atoms with E-state index in [4.69, 9.17) is 4.74 Å². The summed E-state index contributed by atoms with van der Waals surface area (Å²) in [6, 6.07) is 6.02. The number of nitrogens with zero attached hydrogens (tertiary/aromatic N) is 4. The van der Waals surface area contributed by atoms with E-state index in [0.29, 0.717) is 12.2 Å². The van der Waals surface area contributed by atoms with Crippen LogP contribution in [-0.4, -0.2) is 16.6 Å². The van der Waals surface area contributed by atoms with Gasteiger partial charge in [-0.15, -0.1) is 11.8 Å². The second kappa shape index (κ2) is 8.07. The quantitative estimate of drug-likeness (QED) is 0.724. The Labute approximate surface area is 152 Å². The molecule has 0 atom stereocenters. The van der Waals surface area contributed by atoms with Crippen LogP contribution >= 0.6 is 11.8 Å². The van der Waals surface area contributed by atoms with Crippen LogP contribution in [0.1, 0.15) is 34.9 Å². The molecule has 2 aromatic heterocycles. The summed E-state index contributed by atoms with van der Waals surface area (Å²) in [5, 5.41) is 18.5. The molecule has 2 heterocycles. The fourth-order valence-electron chi connectivity index (χ4n) is 2.19. The zero-order chi connectivity index (χ0) is 19.3. The van der Waals surface area contributed by atoms with Gasteiger partial charge < -0.3 is 4.74 Å². The number of thioether (sulfide) groups is 1. The molecule has 0 saturated carbocycles. The molecule has 0 aliphatic carbocycles. The number of hydrogen-bond donors (Lipinski definition) is 0. The molecule has 2 aromatic rings. The van der Waals surface area contributed by atoms with Gasteiger partial charge in [0.05, 0.1) is 17.7 Å². The Morgan fingerprint density at radius 1 is 1.23 bits per heavy atom. The largest absolute Gasteiger partial charge is 0.477 e. The van der Waals surface area contributed by atoms with Gasteiger partial charge in [-0.05, 0) is 31.5 Å². The van der Waals surface area contributed by atoms with Crippen LogP contribution < -0.4 is 4.74 Å². The highest BCUT2D eigenvalue weighted by atomic mass is 32.2. The maximum atomic E-state index is 13.2. The highest BCUT2D eigenvalue weighted by molar-refractivity contribution is 7.98. The highest BCUT2D eigenvalue weighted by Gasteiger charge is 2.35. The van der Waals surface area contributed by atoms with E-state index in [1.54, 1.807) is 19.1 Å². The molecule has 5 nitrogen and oxygen atoms in total. The van der Waals surface area contributed by atoms with E-state index in [9.17, 15) is 23.7 Å². The van der Waals surface area contributed by atoms with E-state index in [1.165, 1.54) is 13.1 Å². The summed E-state index contributed by atoms with van der Waals surface area (Å²) >= 11 is 0.957. The lowest BCUT2D eigenvalue weighted by molar-refractivity contribution is -0.138. The Bertz CT molecular complexity index is 901. The van der Waals surface area contributed by atoms with E-state index < -0.39 is 17.3 Å². The monoisotopic (exact) mass is 378 g/mol. The van der Waals surface area contributed by atoms with Crippen LogP contribution in [0, 0.1) is 29.6 Å². The van der Waals surface area contributed by atoms with Gasteiger partial charge in [0.25, 0.3) is 0 Å². The minimum atomic E-state index is -4.65. The number of ether oxygens (including phenoxy) is 1. The maximum Gasteiger partial charge on any atom is 0.417 e. The number of nitriles is 2. The molecule has 0 aliphatic rings. The second-order valence-corrected chi connectivity index (χ2v) is 6.05. The third kappa shape index (κ3) is 4.24. The molecule has 0 bridgehead atoms. The van der Waals surface area contributed by atoms with Crippen molar-refractivity contribution in [1.82, 2.24) is 9.97 Å². The van der Waals surface area contributed by atoms with Crippen molar-refractivity contribution in [2.24, 2.45) is 0 Å². The molecular weight excluding hydrogens is 365 g/mol. The second-order valence-electron chi connectivity index (χ2n) is 5.08. The summed E-state index contributed by atoms with van der Waals surface area (Å²) in [7, 11) is 0. The van der Waals surface area contributed by atoms with Gasteiger partial charge in [-0.3, -0.25) is 0 Å². The predicted molar refractivity (Wildman–Crippen MR) is 88.4 cm³/mol. The van der Waals surface area contributed by atoms with Gasteiger partial charge in [-0.2, -0.15) is 23.7 Å². The van der Waals surface area contributed by atoms with Gasteiger partial charge in [0.15, 0.2) is 0 Å². The van der Waals surface area contributed by atoms with Crippen molar-refractivity contribution in [2.45, 2.75) is 30.8 Å². The van der Waals surface area contributed by atoms with E-state index in [-0.39, 0.29) is 27.9 Å². The molecule has 26 heavy (non-hydrogen) atoms. The Morgan fingerprint density at radius 3 is 2.50 bits per heavy atom. The van der Waals surface area contributed by atoms with E-state index in [2.05, 4.69) is 9.97 Å². The molecule has 0 aliphatic heterocycles. The van der Waals surface area contributed by atoms with Gasteiger partial charge in [-0.1, -0.05) is 0 Å². The van der Waals surface area contributed by atoms with Crippen molar-refractivity contribution < 1.29 is 17.9 Å². The third-order valence-electron chi connectivity index (χ3n) is 3.29. The zero-order valence-electron chi connectivity index (χ0n) is 13.9. The SMILES string of the molecule is CCOc1nccc(CSc2nc(C)cc(C(F)(F)F)c2C#N)c1C#N. The number of alkyl halides is 3. The number of rotatable bonds is 5. The summed E-state index contributed by atoms with van der Waals surface area (Å²) in [5.74, 6) is 0.315. The summed E-state index contributed by atoms with van der Waals surface area (Å²) in [5.41, 5.74) is -0.629. The standard InChI is InChI=1S/C17H13F3N4OS/c1-3-25-15-12(7-21)11(4-5-23-15)9-26-16-13(8-22)14(17(18,19)20)6-10(2)24-16/h4-6H,3,9H2,1-2H3. The maximum absolute atomic E-state index is 13.2. The molecule has 0 unspecified atom stereocenters. The lowest BCUT2D eigenvalue weighted by Crippen LogP contribution is -2.10. The lowest BCUT2D eigenvalue weighted by Gasteiger charge is -2.13. The fraction of sp³-hybridized carbons (Fsp3) is 0.294. The van der Waals surface area contributed by atoms with Crippen molar-refractivity contribution >= 4 is 11.8 Å². The van der Waals surface area contributed by atoms with Crippen molar-refractivity contribution in [1.29, 1.82) is 10.5 Å². The van der Waals surface area contributed by atoms with Crippen LogP contribution in [0.2, 0.25) is 0 Å². The minimum absolute atomic E-state index is 0.0292. The molecule has 0 amide bonds. The first-order valence-corrected chi connectivity index (χ1v) is 8.42. The molecule has 134 valence electrons. The Morgan fingerprint density at radius 2 is 1.92 bits per heavy atom. The van der Waals surface area contributed by atoms with Gasteiger partial charge in [-0.25, -0.2) is 9.97 Å². The fourth-order valence-corrected chi connectivity index (χ4v) is 3.23. The first kappa shape index (κ1) is 19.5. The summed E-state index contributed by atoms with van der Waals surface area (Å²) in [4.78, 5) is 8.04. The highest BCUT2D eigenvalue weighted by Crippen LogP contribution is 2.37. The number of aryl methyl sites for hydroxylation is 1. The van der Waals surface area contributed by atoms with Crippen molar-refractivity contribution in [3.8, 4) is 18.0 Å². The van der Waals surface area contributed by atoms with Gasteiger partial charge in [0.1, 0.15) is 22.7 Å². The Hall–Kier alpha value is -2.78. The van der Waals surface area contributed by atoms with Crippen molar-refractivity contribution in [3.05, 3.63) is 46.3 Å². The molecule has 0 N–H and O–H groups in total. The molecule has 0 aromatic carbocycles. The summed E-state index contributed by atoms with van der Waals surface area (Å²) in [6.07, 6.45) is -3.19. The van der Waals surface area contributed by atoms with Crippen LogP contribution in [0.4, 0.5) is 13.2 Å². The minimum Gasteiger partial charge on any atom is -0.477 e. The molecular formula is C17H13F3N4OS. The Kier molecular flexibility index (Phi) is 6.06. The van der Waals surface area contributed by atoms with Gasteiger partial charge >= 0.3 is 6.18 Å². The van der Waals surface area contributed by atoms with E-state index >= 15 is 0 Å². The zero-order valence-corrected chi connectivity index (χ0v) is 14.7. The van der Waals surface area contributed by atoms with Crippen LogP contribution in [0.25, 0.3) is 0 Å². The molecule has 0 fully saturated rings. The van der Waals surface area contributed by atoms with Crippen LogP contribution in [-0.2, 0) is 11.9 Å². The average molecular weight is 378 g/mol. The van der Waals surface area contributed by atoms with Crippen molar-refractivity contribution in [2.75, 3.05) is 6.61 Å². The number of hydrogen-bond acceptors (Lipinski definition) is 6. The third-order valence-corrected chi connectivity index (χ3v) is 4.32. The molecule has 9 heteroatoms. The lowest BCUT2D eigenvalue weighted by atomic mass is 10.1. The normalized spacial score (nSPS) is 10.9. The van der Waals surface area contributed by atoms with Crippen LogP contribution in [0.3, 0.4) is 0 Å². The first-order valence-electron chi connectivity index (χ1n) is 7.44. The van der Waals surface area contributed by atoms with E-state index in [0.717, 1.165) is 17.8 Å². The molecule has 2 rings (SSSR count). The molecule has 0 spiro atoms. The van der Waals surface area contributed by atoms with Crippen LogP contribution in [0.5, 0.6) is 5.88 Å². The smallest absolute Gasteiger partial charge is 0.417 e. The molecule has 0 radical (unpaired) electrons. The van der Waals surface area contributed by atoms with Gasteiger partial charge in [0, 0.05) is 17.6 Å². The molecule has 0 saturated heterocycles. The Balaban J connectivity index is 2.40. The topological polar surface area (TPSA) is 82.6 Å². The van der Waals surface area contributed by atoms with Gasteiger partial charge in [0.2, 0.25) is 5.88 Å². The number of pyridine rings is 2. The predicted octanol–water partition coefficient (Wildman–Crippen LogP) is 4.24. The summed E-state index contributed by atoms with van der Waals surface area (Å²) in [6.45, 7) is 3.50. The number of halogens is 3. The summed E-state index contributed by atoms with van der Waals surface area (Å²) < 4.78 is 44.8.